The van der Waals surface area contributed by atoms with Gasteiger partial charge in [-0.3, -0.25) is 19.3 Å². The molecule has 1 saturated heterocycles. The Bertz CT molecular complexity index is 928. The van der Waals surface area contributed by atoms with E-state index >= 15 is 0 Å². The maximum absolute atomic E-state index is 12.7. The van der Waals surface area contributed by atoms with Crippen LogP contribution >= 0.6 is 12.2 Å². The molecule has 2 aromatic rings. The van der Waals surface area contributed by atoms with E-state index in [0.717, 1.165) is 6.21 Å². The lowest BCUT2D eigenvalue weighted by Crippen LogP contribution is -2.58. The largest absolute Gasteiger partial charge is 0.508 e. The number of nitrogens with zero attached hydrogens (tertiary/aromatic N) is 2. The summed E-state index contributed by atoms with van der Waals surface area (Å²) in [5, 5.41) is 15.4. The van der Waals surface area contributed by atoms with Crippen LogP contribution in [-0.4, -0.2) is 34.2 Å². The first-order valence-electron chi connectivity index (χ1n) is 7.84. The standard InChI is InChI=1S/C18H14N4O4S/c23-13-8-6-11(7-9-13)15(24)21-19-10-14-16(25)20-18(27)22(17(14)26)12-4-2-1-3-5-12/h1-10,14,23H,(H,21,24)(H,20,25,27)/b19-10+. The van der Waals surface area contributed by atoms with E-state index in [0.29, 0.717) is 5.69 Å². The molecule has 0 aromatic heterocycles. The molecule has 1 unspecified atom stereocenters. The molecule has 1 atom stereocenters. The lowest BCUT2D eigenvalue weighted by molar-refractivity contribution is -0.130. The molecular formula is C18H14N4O4S. The number of hydrazone groups is 1. The second-order valence-electron chi connectivity index (χ2n) is 5.55. The minimum Gasteiger partial charge on any atom is -0.508 e. The number of phenols is 1. The van der Waals surface area contributed by atoms with Crippen molar-refractivity contribution >= 4 is 47.0 Å². The predicted octanol–water partition coefficient (Wildman–Crippen LogP) is 1.17. The fraction of sp³-hybridized carbons (Fsp3) is 0.0556. The van der Waals surface area contributed by atoms with Crippen LogP contribution in [0.5, 0.6) is 5.75 Å². The Kier molecular flexibility index (Phi) is 5.23. The number of aromatic hydroxyl groups is 1. The molecule has 0 bridgehead atoms. The van der Waals surface area contributed by atoms with Gasteiger partial charge < -0.3 is 10.4 Å². The van der Waals surface area contributed by atoms with E-state index in [9.17, 15) is 19.5 Å². The number of benzene rings is 2. The van der Waals surface area contributed by atoms with E-state index in [1.54, 1.807) is 30.3 Å². The van der Waals surface area contributed by atoms with Gasteiger partial charge in [-0.2, -0.15) is 5.10 Å². The fourth-order valence-corrected chi connectivity index (χ4v) is 2.69. The molecule has 1 fully saturated rings. The third-order valence-electron chi connectivity index (χ3n) is 3.74. The Morgan fingerprint density at radius 1 is 1.15 bits per heavy atom. The SMILES string of the molecule is O=C(N/N=C/C1C(=O)NC(=S)N(c2ccccc2)C1=O)c1ccc(O)cc1. The summed E-state index contributed by atoms with van der Waals surface area (Å²) in [6, 6.07) is 14.2. The number of para-hydroxylation sites is 1. The number of carbonyl (C=O) groups excluding carboxylic acids is 3. The average Bonchev–Trinajstić information content (AvgIpc) is 2.65. The average molecular weight is 382 g/mol. The van der Waals surface area contributed by atoms with E-state index in [-0.39, 0.29) is 16.4 Å². The van der Waals surface area contributed by atoms with Crippen LogP contribution in [0.4, 0.5) is 5.69 Å². The first-order chi connectivity index (χ1) is 13.0. The van der Waals surface area contributed by atoms with Crippen molar-refractivity contribution in [3.05, 3.63) is 60.2 Å². The third-order valence-corrected chi connectivity index (χ3v) is 4.02. The number of amides is 3. The van der Waals surface area contributed by atoms with Crippen molar-refractivity contribution in [2.45, 2.75) is 0 Å². The Hall–Kier alpha value is -3.59. The van der Waals surface area contributed by atoms with E-state index in [4.69, 9.17) is 12.2 Å². The van der Waals surface area contributed by atoms with Crippen molar-refractivity contribution in [3.63, 3.8) is 0 Å². The lowest BCUT2D eigenvalue weighted by Gasteiger charge is -2.30. The Labute approximate surface area is 159 Å². The highest BCUT2D eigenvalue weighted by Crippen LogP contribution is 2.19. The van der Waals surface area contributed by atoms with Gasteiger partial charge in [0, 0.05) is 11.8 Å². The monoisotopic (exact) mass is 382 g/mol. The van der Waals surface area contributed by atoms with Crippen LogP contribution in [0.15, 0.2) is 59.7 Å². The zero-order valence-electron chi connectivity index (χ0n) is 13.8. The quantitative estimate of drug-likeness (QED) is 0.318. The Balaban J connectivity index is 1.73. The molecule has 0 radical (unpaired) electrons. The Morgan fingerprint density at radius 3 is 2.48 bits per heavy atom. The van der Waals surface area contributed by atoms with Gasteiger partial charge in [0.2, 0.25) is 5.91 Å². The second-order valence-corrected chi connectivity index (χ2v) is 5.93. The second kappa shape index (κ2) is 7.75. The van der Waals surface area contributed by atoms with Crippen LogP contribution in [0.3, 0.4) is 0 Å². The zero-order chi connectivity index (χ0) is 19.4. The minimum absolute atomic E-state index is 0.0195. The summed E-state index contributed by atoms with van der Waals surface area (Å²) in [6.45, 7) is 0. The number of anilines is 1. The zero-order valence-corrected chi connectivity index (χ0v) is 14.6. The van der Waals surface area contributed by atoms with Crippen LogP contribution in [0.1, 0.15) is 10.4 Å². The van der Waals surface area contributed by atoms with Gasteiger partial charge in [0.15, 0.2) is 11.0 Å². The summed E-state index contributed by atoms with van der Waals surface area (Å²) in [5.41, 5.74) is 3.01. The topological polar surface area (TPSA) is 111 Å². The molecule has 27 heavy (non-hydrogen) atoms. The van der Waals surface area contributed by atoms with Crippen molar-refractivity contribution in [1.29, 1.82) is 0 Å². The normalized spacial score (nSPS) is 17.1. The van der Waals surface area contributed by atoms with Gasteiger partial charge in [-0.1, -0.05) is 18.2 Å². The molecule has 1 heterocycles. The summed E-state index contributed by atoms with van der Waals surface area (Å²) in [6.07, 6.45) is 1.05. The van der Waals surface area contributed by atoms with Crippen LogP contribution in [0.2, 0.25) is 0 Å². The molecule has 0 spiro atoms. The van der Waals surface area contributed by atoms with Crippen molar-refractivity contribution in [2.75, 3.05) is 4.90 Å². The van der Waals surface area contributed by atoms with Crippen molar-refractivity contribution in [2.24, 2.45) is 11.0 Å². The molecule has 1 aliphatic rings. The lowest BCUT2D eigenvalue weighted by atomic mass is 10.1. The predicted molar refractivity (Wildman–Crippen MR) is 102 cm³/mol. The molecule has 2 aromatic carbocycles. The summed E-state index contributed by atoms with van der Waals surface area (Å²) in [4.78, 5) is 38.0. The van der Waals surface area contributed by atoms with Gasteiger partial charge in [-0.25, -0.2) is 5.43 Å². The molecule has 136 valence electrons. The number of nitrogens with one attached hydrogen (secondary N) is 2. The molecule has 8 nitrogen and oxygen atoms in total. The smallest absolute Gasteiger partial charge is 0.271 e. The maximum atomic E-state index is 12.7. The van der Waals surface area contributed by atoms with Crippen LogP contribution < -0.4 is 15.6 Å². The van der Waals surface area contributed by atoms with Crippen molar-refractivity contribution < 1.29 is 19.5 Å². The molecule has 3 amide bonds. The first-order valence-corrected chi connectivity index (χ1v) is 8.24. The third kappa shape index (κ3) is 3.98. The van der Waals surface area contributed by atoms with E-state index < -0.39 is 23.6 Å². The summed E-state index contributed by atoms with van der Waals surface area (Å²) < 4.78 is 0. The number of phenolic OH excluding ortho intramolecular Hbond substituents is 1. The van der Waals surface area contributed by atoms with Crippen molar-refractivity contribution in [1.82, 2.24) is 10.7 Å². The highest BCUT2D eigenvalue weighted by atomic mass is 32.1. The number of rotatable bonds is 4. The highest BCUT2D eigenvalue weighted by molar-refractivity contribution is 7.80. The fourth-order valence-electron chi connectivity index (χ4n) is 2.39. The Morgan fingerprint density at radius 2 is 1.81 bits per heavy atom. The number of hydrogen-bond acceptors (Lipinski definition) is 6. The minimum atomic E-state index is -1.24. The van der Waals surface area contributed by atoms with Gasteiger partial charge in [-0.15, -0.1) is 0 Å². The summed E-state index contributed by atoms with van der Waals surface area (Å²) in [7, 11) is 0. The van der Waals surface area contributed by atoms with Crippen LogP contribution in [-0.2, 0) is 9.59 Å². The van der Waals surface area contributed by atoms with Gasteiger partial charge >= 0.3 is 0 Å². The van der Waals surface area contributed by atoms with Crippen molar-refractivity contribution in [3.8, 4) is 5.75 Å². The number of carbonyl (C=O) groups is 3. The van der Waals surface area contributed by atoms with Gasteiger partial charge in [-0.05, 0) is 48.6 Å². The van der Waals surface area contributed by atoms with Crippen LogP contribution in [0.25, 0.3) is 0 Å². The molecule has 9 heteroatoms. The van der Waals surface area contributed by atoms with Gasteiger partial charge in [0.25, 0.3) is 11.8 Å². The molecule has 3 rings (SSSR count). The molecular weight excluding hydrogens is 368 g/mol. The highest BCUT2D eigenvalue weighted by Gasteiger charge is 2.38. The molecule has 3 N–H and O–H groups in total. The van der Waals surface area contributed by atoms with E-state index in [1.165, 1.54) is 29.2 Å². The van der Waals surface area contributed by atoms with Gasteiger partial charge in [0.05, 0.1) is 5.69 Å². The van der Waals surface area contributed by atoms with E-state index in [1.807, 2.05) is 0 Å². The maximum Gasteiger partial charge on any atom is 0.271 e. The van der Waals surface area contributed by atoms with Crippen LogP contribution in [0, 0.1) is 5.92 Å². The molecule has 1 aliphatic heterocycles. The summed E-state index contributed by atoms with van der Waals surface area (Å²) >= 11 is 5.08. The number of hydrogen-bond donors (Lipinski definition) is 3. The number of thiocarbonyl (C=S) groups is 1. The van der Waals surface area contributed by atoms with Gasteiger partial charge in [0.1, 0.15) is 5.75 Å². The molecule has 0 saturated carbocycles. The molecule has 0 aliphatic carbocycles. The van der Waals surface area contributed by atoms with E-state index in [2.05, 4.69) is 15.8 Å². The summed E-state index contributed by atoms with van der Waals surface area (Å²) in [5.74, 6) is -2.96. The first kappa shape index (κ1) is 18.2.